The lowest BCUT2D eigenvalue weighted by Gasteiger charge is -2.47. The molecule has 0 aliphatic carbocycles. The number of esters is 9. The zero-order valence-electron chi connectivity index (χ0n) is 70.8. The molecule has 3 heterocycles. The average Bonchev–Trinajstić information content (AvgIpc) is 0.786. The lowest BCUT2D eigenvalue weighted by atomic mass is 9.81. The molecule has 3 saturated heterocycles. The molecule has 0 spiro atoms. The molecule has 654 valence electrons. The van der Waals surface area contributed by atoms with Crippen molar-refractivity contribution in [3.8, 4) is 0 Å². The summed E-state index contributed by atoms with van der Waals surface area (Å²) in [6, 6.07) is -3.90. The van der Waals surface area contributed by atoms with Gasteiger partial charge in [-0.2, -0.15) is 0 Å². The number of nitrogens with zero attached hydrogens (tertiary/aromatic N) is 1. The largest absolute Gasteiger partial charge is 0.463 e. The van der Waals surface area contributed by atoms with E-state index in [0.717, 1.165) is 62.3 Å². The van der Waals surface area contributed by atoms with Crippen LogP contribution in [0.5, 0.6) is 0 Å². The van der Waals surface area contributed by atoms with Crippen LogP contribution in [-0.2, 0) is 143 Å². The molecule has 15 atom stereocenters. The number of nitrogens with one attached hydrogen (secondary N) is 6. The second-order valence-electron chi connectivity index (χ2n) is 33.6. The first kappa shape index (κ1) is 100. The molecule has 39 nitrogen and oxygen atoms in total. The molecule has 0 saturated carbocycles. The highest BCUT2D eigenvalue weighted by molar-refractivity contribution is 5.79. The van der Waals surface area contributed by atoms with Crippen LogP contribution in [0.1, 0.15) is 224 Å². The molecule has 0 aromatic carbocycles. The number of nitro groups is 1. The third-order valence-electron chi connectivity index (χ3n) is 18.4. The molecular formula is C76H123N7O32. The molecular weight excluding hydrogens is 1520 g/mol. The fourth-order valence-electron chi connectivity index (χ4n) is 14.9. The van der Waals surface area contributed by atoms with E-state index in [4.69, 9.17) is 71.1 Å². The number of rotatable bonds is 43. The van der Waals surface area contributed by atoms with Crippen LogP contribution in [0.3, 0.4) is 0 Å². The van der Waals surface area contributed by atoms with Gasteiger partial charge in [-0.25, -0.2) is 0 Å². The van der Waals surface area contributed by atoms with E-state index < -0.39 is 283 Å². The molecule has 15 unspecified atom stereocenters. The van der Waals surface area contributed by atoms with E-state index in [-0.39, 0.29) is 38.9 Å². The maximum atomic E-state index is 14.2. The molecule has 0 aromatic rings. The molecule has 115 heavy (non-hydrogen) atoms. The van der Waals surface area contributed by atoms with E-state index in [9.17, 15) is 82.0 Å². The summed E-state index contributed by atoms with van der Waals surface area (Å²) in [5, 5.41) is 30.3. The number of hydrogen-bond acceptors (Lipinski definition) is 32. The Morgan fingerprint density at radius 3 is 0.722 bits per heavy atom. The van der Waals surface area contributed by atoms with E-state index in [1.54, 1.807) is 83.1 Å². The quantitative estimate of drug-likeness (QED) is 0.0221. The van der Waals surface area contributed by atoms with Gasteiger partial charge in [0, 0.05) is 146 Å². The minimum Gasteiger partial charge on any atom is -0.463 e. The van der Waals surface area contributed by atoms with E-state index in [2.05, 4.69) is 31.9 Å². The fraction of sp³-hybridized carbons (Fsp3) is 0.803. The summed E-state index contributed by atoms with van der Waals surface area (Å²) in [6.45, 7) is 32.6. The predicted molar refractivity (Wildman–Crippen MR) is 399 cm³/mol. The Kier molecular flexibility index (Phi) is 37.9. The summed E-state index contributed by atoms with van der Waals surface area (Å²) in [5.74, 6) is -10.8. The van der Waals surface area contributed by atoms with Crippen LogP contribution < -0.4 is 31.9 Å². The highest BCUT2D eigenvalue weighted by atomic mass is 16.7. The summed E-state index contributed by atoms with van der Waals surface area (Å²) < 4.78 is 87.6. The number of hydrogen-bond donors (Lipinski definition) is 6. The predicted octanol–water partition coefficient (Wildman–Crippen LogP) is 3.29. The molecule has 6 N–H and O–H groups in total. The van der Waals surface area contributed by atoms with Crippen LogP contribution in [0.4, 0.5) is 0 Å². The molecule has 0 bridgehead atoms. The van der Waals surface area contributed by atoms with Gasteiger partial charge in [0.2, 0.25) is 41.0 Å². The number of carbonyl (C=O) groups is 15. The van der Waals surface area contributed by atoms with Crippen LogP contribution in [0.2, 0.25) is 0 Å². The standard InChI is InChI=1S/C76H123N7O32/c1-40(84)80-58-64(107-49(10)93)61(104-46(7)90)52(31-101-43(4)87)110-67(58)113-73(19,20)34-70(13,14)37-77-55(96)25-28-76(83(99)100,29-26-56(97)78-38-71(15,16)35-74(21,22)114-68-59(81-41(2)85)65(108-50(11)94)62(105-47(8)91)53(111-68)32-102-44(5)88)30-27-57(98)79-39-72(17,18)36-75(23,24)115-69-60(82-42(3)86)66(109-51(12)95)63(106-48(9)92)54(112-69)33-103-45(6)89/h52-54,58-69H,25-39H2,1-24H3,(H,77,96)(H,78,97)(H,79,98)(H,80,84)(H,81,85)(H,82,86). The molecule has 39 heteroatoms. The summed E-state index contributed by atoms with van der Waals surface area (Å²) in [6.07, 6.45) is -19.2. The van der Waals surface area contributed by atoms with Gasteiger partial charge < -0.3 is 103 Å². The van der Waals surface area contributed by atoms with E-state index in [1.165, 1.54) is 20.8 Å². The van der Waals surface area contributed by atoms with Gasteiger partial charge in [-0.15, -0.1) is 0 Å². The Bertz CT molecular complexity index is 3110. The van der Waals surface area contributed by atoms with Crippen LogP contribution in [0.25, 0.3) is 0 Å². The minimum atomic E-state index is -2.11. The topological polar surface area (TPSA) is 510 Å². The number of amides is 6. The number of carbonyl (C=O) groups excluding carboxylic acids is 15. The van der Waals surface area contributed by atoms with Gasteiger partial charge >= 0.3 is 53.7 Å². The van der Waals surface area contributed by atoms with Gasteiger partial charge in [-0.05, 0) is 77.0 Å². The summed E-state index contributed by atoms with van der Waals surface area (Å²) >= 11 is 0. The molecule has 6 amide bonds. The third-order valence-corrected chi connectivity index (χ3v) is 18.4. The Hall–Kier alpha value is -8.79. The van der Waals surface area contributed by atoms with Gasteiger partial charge in [0.05, 0.1) is 16.8 Å². The Balaban J connectivity index is 1.98. The van der Waals surface area contributed by atoms with E-state index >= 15 is 0 Å². The zero-order valence-corrected chi connectivity index (χ0v) is 70.8. The molecule has 3 fully saturated rings. The van der Waals surface area contributed by atoms with Crippen molar-refractivity contribution in [2.75, 3.05) is 39.5 Å². The van der Waals surface area contributed by atoms with Crippen molar-refractivity contribution >= 4 is 89.2 Å². The SMILES string of the molecule is CC(=O)NC1C(OC(C)(C)CC(C)(C)CNC(=O)CCC(CCC(=O)NCC(C)(C)CC(C)(C)OC2OC(COC(C)=O)C(OC(C)=O)C(OC(C)=O)C2NC(C)=O)(CCC(=O)NCC(C)(C)CC(C)(C)OC2OC(COC(C)=O)C(OC(C)=O)C(OC(C)=O)C2NC(C)=O)[N+](=O)[O-])OC(COC(C)=O)C(OC(C)=O)C1OC(C)=O. The molecule has 3 aliphatic rings. The fourth-order valence-corrected chi connectivity index (χ4v) is 14.9. The first-order chi connectivity index (χ1) is 52.8. The van der Waals surface area contributed by atoms with Gasteiger partial charge in [0.25, 0.3) is 0 Å². The highest BCUT2D eigenvalue weighted by Gasteiger charge is 2.57. The Labute approximate surface area is 670 Å². The van der Waals surface area contributed by atoms with Gasteiger partial charge in [0.1, 0.15) is 56.3 Å². The van der Waals surface area contributed by atoms with Gasteiger partial charge in [-0.1, -0.05) is 41.5 Å². The average molecular weight is 1650 g/mol. The Morgan fingerprint density at radius 1 is 0.330 bits per heavy atom. The van der Waals surface area contributed by atoms with Crippen LogP contribution in [-0.4, -0.2) is 248 Å². The van der Waals surface area contributed by atoms with Crippen molar-refractivity contribution in [2.45, 2.75) is 338 Å². The number of ether oxygens (including phenoxy) is 15. The van der Waals surface area contributed by atoms with Gasteiger partial charge in [0.15, 0.2) is 55.5 Å². The van der Waals surface area contributed by atoms with Crippen LogP contribution in [0.15, 0.2) is 0 Å². The third kappa shape index (κ3) is 35.7. The summed E-state index contributed by atoms with van der Waals surface area (Å²) in [4.78, 5) is 205. The van der Waals surface area contributed by atoms with Gasteiger partial charge in [-0.3, -0.25) is 82.0 Å². The minimum absolute atomic E-state index is 0.0679. The van der Waals surface area contributed by atoms with E-state index in [1.807, 2.05) is 0 Å². The maximum absolute atomic E-state index is 14.2. The maximum Gasteiger partial charge on any atom is 0.303 e. The lowest BCUT2D eigenvalue weighted by Crippen LogP contribution is -2.67. The van der Waals surface area contributed by atoms with Crippen molar-refractivity contribution in [3.63, 3.8) is 0 Å². The normalized spacial score (nSPS) is 24.4. The van der Waals surface area contributed by atoms with Crippen molar-refractivity contribution in [1.82, 2.24) is 31.9 Å². The smallest absolute Gasteiger partial charge is 0.303 e. The van der Waals surface area contributed by atoms with Crippen LogP contribution in [0, 0.1) is 26.4 Å². The monoisotopic (exact) mass is 1650 g/mol. The van der Waals surface area contributed by atoms with Crippen molar-refractivity contribution in [2.24, 2.45) is 16.2 Å². The van der Waals surface area contributed by atoms with E-state index in [0.29, 0.717) is 0 Å². The van der Waals surface area contributed by atoms with Crippen LogP contribution >= 0.6 is 0 Å². The first-order valence-corrected chi connectivity index (χ1v) is 38.0. The second-order valence-corrected chi connectivity index (χ2v) is 33.6. The first-order valence-electron chi connectivity index (χ1n) is 38.0. The zero-order chi connectivity index (χ0) is 87.9. The van der Waals surface area contributed by atoms with Crippen molar-refractivity contribution in [1.29, 1.82) is 0 Å². The Morgan fingerprint density at radius 2 is 0.539 bits per heavy atom. The molecule has 3 rings (SSSR count). The van der Waals surface area contributed by atoms with Crippen molar-refractivity contribution in [3.05, 3.63) is 10.1 Å². The summed E-state index contributed by atoms with van der Waals surface area (Å²) in [5.41, 5.74) is -8.43. The summed E-state index contributed by atoms with van der Waals surface area (Å²) in [7, 11) is 0. The lowest BCUT2D eigenvalue weighted by molar-refractivity contribution is -0.573. The molecule has 0 radical (unpaired) electrons. The second kappa shape index (κ2) is 43.4. The van der Waals surface area contributed by atoms with Crippen molar-refractivity contribution < 1.29 is 148 Å². The highest BCUT2D eigenvalue weighted by Crippen LogP contribution is 2.40. The molecule has 3 aliphatic heterocycles. The molecule has 0 aromatic heterocycles.